The minimum Gasteiger partial charge on any atom is -0.477 e. The van der Waals surface area contributed by atoms with Crippen molar-refractivity contribution >= 4 is 38.7 Å². The highest BCUT2D eigenvalue weighted by Gasteiger charge is 2.41. The number of rotatable bonds is 1. The Labute approximate surface area is 116 Å². The van der Waals surface area contributed by atoms with Crippen LogP contribution in [0.4, 0.5) is 0 Å². The SMILES string of the molecule is O=C(O)c1cc2c(s1)C(=O)C1=C(C2=O)S(=O)(=O)C=CN1. The van der Waals surface area contributed by atoms with Crippen molar-refractivity contribution < 1.29 is 27.9 Å². The summed E-state index contributed by atoms with van der Waals surface area (Å²) in [7, 11) is -4.00. The number of carboxylic acid groups (broad SMARTS) is 1. The lowest BCUT2D eigenvalue weighted by atomic mass is 10.00. The van der Waals surface area contributed by atoms with Gasteiger partial charge in [-0.1, -0.05) is 0 Å². The lowest BCUT2D eigenvalue weighted by Crippen LogP contribution is -2.32. The van der Waals surface area contributed by atoms with Crippen molar-refractivity contribution in [3.05, 3.63) is 43.6 Å². The second-order valence-corrected chi connectivity index (χ2v) is 6.84. The van der Waals surface area contributed by atoms with Crippen LogP contribution in [0.1, 0.15) is 29.7 Å². The van der Waals surface area contributed by atoms with Crippen LogP contribution in [0.2, 0.25) is 0 Å². The number of aromatic carboxylic acids is 1. The van der Waals surface area contributed by atoms with Gasteiger partial charge in [-0.2, -0.15) is 0 Å². The van der Waals surface area contributed by atoms with Gasteiger partial charge >= 0.3 is 5.97 Å². The number of nitrogens with one attached hydrogen (secondary N) is 1. The van der Waals surface area contributed by atoms with Gasteiger partial charge in [0.2, 0.25) is 21.4 Å². The first-order valence-electron chi connectivity index (χ1n) is 5.22. The van der Waals surface area contributed by atoms with E-state index in [-0.39, 0.29) is 21.0 Å². The van der Waals surface area contributed by atoms with Gasteiger partial charge in [-0.05, 0) is 6.07 Å². The fraction of sp³-hybridized carbons (Fsp3) is 0. The van der Waals surface area contributed by atoms with Crippen LogP contribution >= 0.6 is 11.3 Å². The molecule has 20 heavy (non-hydrogen) atoms. The Morgan fingerprint density at radius 1 is 1.25 bits per heavy atom. The number of carbonyl (C=O) groups is 3. The standard InChI is InChI=1S/C11H5NO6S2/c13-7-4-3-5(11(15)16)19-9(4)8(14)6-10(7)20(17,18)2-1-12-6/h1-3,12H,(H,15,16). The molecular formula is C11H5NO6S2. The summed E-state index contributed by atoms with van der Waals surface area (Å²) in [5.74, 6) is -2.84. The molecule has 1 aliphatic carbocycles. The third-order valence-corrected chi connectivity index (χ3v) is 5.39. The van der Waals surface area contributed by atoms with Crippen molar-refractivity contribution in [3.63, 3.8) is 0 Å². The number of sulfone groups is 1. The van der Waals surface area contributed by atoms with Crippen LogP contribution in [0, 0.1) is 0 Å². The highest BCUT2D eigenvalue weighted by Crippen LogP contribution is 2.35. The van der Waals surface area contributed by atoms with Crippen LogP contribution in [0.25, 0.3) is 0 Å². The molecule has 2 aliphatic rings. The van der Waals surface area contributed by atoms with E-state index >= 15 is 0 Å². The zero-order valence-corrected chi connectivity index (χ0v) is 11.2. The number of hydrogen-bond acceptors (Lipinski definition) is 7. The van der Waals surface area contributed by atoms with E-state index in [9.17, 15) is 22.8 Å². The van der Waals surface area contributed by atoms with Crippen molar-refractivity contribution in [2.45, 2.75) is 0 Å². The van der Waals surface area contributed by atoms with Crippen LogP contribution in [0.3, 0.4) is 0 Å². The number of allylic oxidation sites excluding steroid dienone is 2. The summed E-state index contributed by atoms with van der Waals surface area (Å²) in [4.78, 5) is 34.4. The summed E-state index contributed by atoms with van der Waals surface area (Å²) in [6.07, 6.45) is 1.05. The van der Waals surface area contributed by atoms with Crippen molar-refractivity contribution in [1.29, 1.82) is 0 Å². The fourth-order valence-corrected chi connectivity index (χ4v) is 4.09. The number of ketones is 2. The van der Waals surface area contributed by atoms with E-state index in [1.54, 1.807) is 0 Å². The van der Waals surface area contributed by atoms with Gasteiger partial charge in [0.1, 0.15) is 15.5 Å². The first-order chi connectivity index (χ1) is 9.33. The first-order valence-corrected chi connectivity index (χ1v) is 7.58. The predicted molar refractivity (Wildman–Crippen MR) is 68.2 cm³/mol. The summed E-state index contributed by atoms with van der Waals surface area (Å²) in [6.45, 7) is 0. The molecule has 1 aliphatic heterocycles. The number of Topliss-reactive ketones (excluding diaryl/α,β-unsaturated/α-hetero) is 2. The largest absolute Gasteiger partial charge is 0.477 e. The molecule has 0 radical (unpaired) electrons. The van der Waals surface area contributed by atoms with Gasteiger partial charge in [-0.25, -0.2) is 13.2 Å². The summed E-state index contributed by atoms with van der Waals surface area (Å²) >= 11 is 0.648. The van der Waals surface area contributed by atoms with Crippen molar-refractivity contribution in [3.8, 4) is 0 Å². The molecule has 102 valence electrons. The Hall–Kier alpha value is -2.26. The van der Waals surface area contributed by atoms with E-state index in [1.165, 1.54) is 0 Å². The lowest BCUT2D eigenvalue weighted by molar-refractivity contribution is 0.0702. The van der Waals surface area contributed by atoms with Crippen LogP contribution in [0.5, 0.6) is 0 Å². The molecule has 7 nitrogen and oxygen atoms in total. The van der Waals surface area contributed by atoms with Gasteiger partial charge in [0.05, 0.1) is 10.3 Å². The second kappa shape index (κ2) is 3.87. The van der Waals surface area contributed by atoms with Gasteiger partial charge in [-0.3, -0.25) is 9.59 Å². The summed E-state index contributed by atoms with van der Waals surface area (Å²) in [6, 6.07) is 1.03. The third kappa shape index (κ3) is 1.57. The Bertz CT molecular complexity index is 855. The van der Waals surface area contributed by atoms with Gasteiger partial charge in [0.25, 0.3) is 0 Å². The average molecular weight is 311 g/mol. The summed E-state index contributed by atoms with van der Waals surface area (Å²) in [5.41, 5.74) is -0.513. The molecule has 1 aromatic heterocycles. The van der Waals surface area contributed by atoms with E-state index in [2.05, 4.69) is 5.32 Å². The molecule has 0 saturated heterocycles. The Kier molecular flexibility index (Phi) is 2.47. The quantitative estimate of drug-likeness (QED) is 0.776. The third-order valence-electron chi connectivity index (χ3n) is 2.81. The Morgan fingerprint density at radius 2 is 1.95 bits per heavy atom. The number of fused-ring (bicyclic) bond motifs is 1. The normalized spacial score (nSPS) is 19.4. The van der Waals surface area contributed by atoms with E-state index in [1.807, 2.05) is 0 Å². The fourth-order valence-electron chi connectivity index (χ4n) is 1.96. The second-order valence-electron chi connectivity index (χ2n) is 4.01. The smallest absolute Gasteiger partial charge is 0.345 e. The molecule has 0 spiro atoms. The maximum Gasteiger partial charge on any atom is 0.345 e. The van der Waals surface area contributed by atoms with Crippen molar-refractivity contribution in [1.82, 2.24) is 5.32 Å². The highest BCUT2D eigenvalue weighted by molar-refractivity contribution is 7.99. The van der Waals surface area contributed by atoms with Crippen LogP contribution in [-0.4, -0.2) is 31.1 Å². The molecule has 1 aromatic rings. The summed E-state index contributed by atoms with van der Waals surface area (Å²) in [5, 5.41) is 12.1. The van der Waals surface area contributed by atoms with Crippen LogP contribution in [-0.2, 0) is 9.84 Å². The van der Waals surface area contributed by atoms with Crippen molar-refractivity contribution in [2.75, 3.05) is 0 Å². The van der Waals surface area contributed by atoms with Gasteiger partial charge in [0.15, 0.2) is 0 Å². The first kappa shape index (κ1) is 12.8. The molecule has 0 amide bonds. The molecule has 0 saturated carbocycles. The maximum atomic E-state index is 12.2. The molecule has 2 heterocycles. The van der Waals surface area contributed by atoms with Crippen LogP contribution in [0.15, 0.2) is 28.3 Å². The van der Waals surface area contributed by atoms with Gasteiger partial charge in [-0.15, -0.1) is 11.3 Å². The Morgan fingerprint density at radius 3 is 2.60 bits per heavy atom. The molecular weight excluding hydrogens is 306 g/mol. The zero-order chi connectivity index (χ0) is 14.7. The number of hydrogen-bond donors (Lipinski definition) is 2. The molecule has 3 rings (SSSR count). The van der Waals surface area contributed by atoms with E-state index < -0.39 is 32.3 Å². The van der Waals surface area contributed by atoms with Gasteiger partial charge in [0, 0.05) is 11.8 Å². The van der Waals surface area contributed by atoms with E-state index in [0.717, 1.165) is 17.7 Å². The van der Waals surface area contributed by atoms with Crippen molar-refractivity contribution in [2.24, 2.45) is 0 Å². The molecule has 0 atom stereocenters. The molecule has 0 fully saturated rings. The lowest BCUT2D eigenvalue weighted by Gasteiger charge is -2.19. The number of carboxylic acids is 1. The minimum atomic E-state index is -4.00. The number of carbonyl (C=O) groups excluding carboxylic acids is 2. The monoisotopic (exact) mass is 311 g/mol. The molecule has 0 unspecified atom stereocenters. The molecule has 2 N–H and O–H groups in total. The maximum absolute atomic E-state index is 12.2. The summed E-state index contributed by atoms with van der Waals surface area (Å²) < 4.78 is 23.7. The Balaban J connectivity index is 2.27. The molecule has 0 bridgehead atoms. The number of thiophene rings is 1. The minimum absolute atomic E-state index is 0.0656. The zero-order valence-electron chi connectivity index (χ0n) is 9.54. The van der Waals surface area contributed by atoms with E-state index in [4.69, 9.17) is 5.11 Å². The van der Waals surface area contributed by atoms with Crippen LogP contribution < -0.4 is 5.32 Å². The van der Waals surface area contributed by atoms with E-state index in [0.29, 0.717) is 11.3 Å². The molecule has 9 heteroatoms. The topological polar surface area (TPSA) is 118 Å². The molecule has 0 aromatic carbocycles. The van der Waals surface area contributed by atoms with Gasteiger partial charge < -0.3 is 10.4 Å². The highest BCUT2D eigenvalue weighted by atomic mass is 32.2. The predicted octanol–water partition coefficient (Wildman–Crippen LogP) is 0.526. The average Bonchev–Trinajstić information content (AvgIpc) is 2.80.